The Kier molecular flexibility index (Phi) is 2.46. The number of fused-ring (bicyclic) bond motifs is 1. The van der Waals surface area contributed by atoms with Crippen LogP contribution in [0.2, 0.25) is 0 Å². The zero-order valence-corrected chi connectivity index (χ0v) is 8.05. The zero-order chi connectivity index (χ0) is 10.7. The predicted molar refractivity (Wildman–Crippen MR) is 56.2 cm³/mol. The Morgan fingerprint density at radius 3 is 3.00 bits per heavy atom. The van der Waals surface area contributed by atoms with E-state index >= 15 is 0 Å². The van der Waals surface area contributed by atoms with Crippen LogP contribution >= 0.6 is 0 Å². The molecule has 0 atom stereocenters. The maximum absolute atomic E-state index is 11.5. The summed E-state index contributed by atoms with van der Waals surface area (Å²) in [6, 6.07) is 9.33. The smallest absolute Gasteiger partial charge is 0.207 e. The van der Waals surface area contributed by atoms with E-state index in [0.29, 0.717) is 18.4 Å². The molecule has 0 aliphatic carbocycles. The summed E-state index contributed by atoms with van der Waals surface area (Å²) in [5.41, 5.74) is 0.694. The molecule has 1 aromatic heterocycles. The van der Waals surface area contributed by atoms with Gasteiger partial charge in [-0.3, -0.25) is 9.48 Å². The van der Waals surface area contributed by atoms with Crippen molar-refractivity contribution in [1.82, 2.24) is 9.78 Å². The number of hydrogen-bond acceptors (Lipinski definition) is 3. The van der Waals surface area contributed by atoms with Gasteiger partial charge in [0.2, 0.25) is 5.43 Å². The predicted octanol–water partition coefficient (Wildman–Crippen LogP) is 1.31. The summed E-state index contributed by atoms with van der Waals surface area (Å²) >= 11 is 0. The number of nitrogens with zero attached hydrogens (tertiary/aromatic N) is 3. The molecule has 74 valence electrons. The molecule has 0 radical (unpaired) electrons. The first kappa shape index (κ1) is 9.41. The maximum atomic E-state index is 11.5. The summed E-state index contributed by atoms with van der Waals surface area (Å²) in [5.74, 6) is 0. The summed E-state index contributed by atoms with van der Waals surface area (Å²) in [6.07, 6.45) is 1.68. The number of aryl methyl sites for hydroxylation is 1. The lowest BCUT2D eigenvalue weighted by Gasteiger charge is -2.05. The molecule has 1 heterocycles. The minimum Gasteiger partial charge on any atom is -0.287 e. The van der Waals surface area contributed by atoms with Gasteiger partial charge in [0.1, 0.15) is 0 Å². The second kappa shape index (κ2) is 3.93. The molecule has 2 aromatic rings. The number of benzene rings is 1. The Labute approximate surface area is 86.4 Å². The molecule has 2 rings (SSSR count). The lowest BCUT2D eigenvalue weighted by molar-refractivity contribution is 0.636. The van der Waals surface area contributed by atoms with E-state index in [1.165, 1.54) is 6.20 Å². The van der Waals surface area contributed by atoms with Crippen LogP contribution in [0.25, 0.3) is 10.9 Å². The van der Waals surface area contributed by atoms with Crippen LogP contribution in [0, 0.1) is 11.3 Å². The first-order chi connectivity index (χ1) is 7.33. The van der Waals surface area contributed by atoms with Crippen molar-refractivity contribution in [3.05, 3.63) is 40.7 Å². The van der Waals surface area contributed by atoms with Crippen LogP contribution in [0.15, 0.2) is 35.3 Å². The number of nitriles is 1. The summed E-state index contributed by atoms with van der Waals surface area (Å²) in [5, 5.41) is 13.1. The number of rotatable bonds is 2. The van der Waals surface area contributed by atoms with Crippen molar-refractivity contribution in [3.63, 3.8) is 0 Å². The van der Waals surface area contributed by atoms with Gasteiger partial charge in [0, 0.05) is 5.39 Å². The third kappa shape index (κ3) is 1.72. The van der Waals surface area contributed by atoms with E-state index in [0.717, 1.165) is 5.52 Å². The van der Waals surface area contributed by atoms with Crippen LogP contribution in [0.5, 0.6) is 0 Å². The van der Waals surface area contributed by atoms with E-state index < -0.39 is 0 Å². The van der Waals surface area contributed by atoms with Crippen molar-refractivity contribution < 1.29 is 0 Å². The molecule has 0 unspecified atom stereocenters. The van der Waals surface area contributed by atoms with Crippen molar-refractivity contribution in [3.8, 4) is 6.07 Å². The highest BCUT2D eigenvalue weighted by Crippen LogP contribution is 2.07. The standard InChI is InChI=1S/C11H9N3O/c12-6-3-7-14-10-5-2-1-4-9(10)11(15)8-13-14/h1-2,4-5,8H,3,7H2. The van der Waals surface area contributed by atoms with Gasteiger partial charge in [-0.1, -0.05) is 12.1 Å². The molecule has 0 saturated heterocycles. The van der Waals surface area contributed by atoms with Crippen molar-refractivity contribution in [2.75, 3.05) is 0 Å². The van der Waals surface area contributed by atoms with Gasteiger partial charge >= 0.3 is 0 Å². The van der Waals surface area contributed by atoms with Gasteiger partial charge in [0.25, 0.3) is 0 Å². The van der Waals surface area contributed by atoms with E-state index in [-0.39, 0.29) is 5.43 Å². The lowest BCUT2D eigenvalue weighted by atomic mass is 10.2. The fourth-order valence-electron chi connectivity index (χ4n) is 1.50. The number of para-hydroxylation sites is 1. The third-order valence-electron chi connectivity index (χ3n) is 2.20. The maximum Gasteiger partial charge on any atom is 0.207 e. The van der Waals surface area contributed by atoms with Gasteiger partial charge in [0.05, 0.1) is 30.7 Å². The Balaban J connectivity index is 2.62. The normalized spacial score (nSPS) is 10.1. The Morgan fingerprint density at radius 2 is 2.20 bits per heavy atom. The highest BCUT2D eigenvalue weighted by molar-refractivity contribution is 5.77. The van der Waals surface area contributed by atoms with Gasteiger partial charge in [-0.05, 0) is 12.1 Å². The molecule has 4 nitrogen and oxygen atoms in total. The average Bonchev–Trinajstić information content (AvgIpc) is 2.29. The molecule has 0 saturated carbocycles. The van der Waals surface area contributed by atoms with Crippen molar-refractivity contribution in [2.24, 2.45) is 0 Å². The van der Waals surface area contributed by atoms with Crippen LogP contribution < -0.4 is 5.43 Å². The molecule has 15 heavy (non-hydrogen) atoms. The van der Waals surface area contributed by atoms with Crippen LogP contribution in [-0.2, 0) is 6.54 Å². The van der Waals surface area contributed by atoms with Gasteiger partial charge in [-0.15, -0.1) is 0 Å². The summed E-state index contributed by atoms with van der Waals surface area (Å²) in [7, 11) is 0. The highest BCUT2D eigenvalue weighted by Gasteiger charge is 2.01. The monoisotopic (exact) mass is 199 g/mol. The van der Waals surface area contributed by atoms with Crippen LogP contribution in [0.3, 0.4) is 0 Å². The van der Waals surface area contributed by atoms with Crippen LogP contribution in [0.4, 0.5) is 0 Å². The van der Waals surface area contributed by atoms with Gasteiger partial charge in [-0.25, -0.2) is 0 Å². The zero-order valence-electron chi connectivity index (χ0n) is 8.05. The molecule has 0 N–H and O–H groups in total. The summed E-state index contributed by atoms with van der Waals surface area (Å²) in [6.45, 7) is 0.511. The van der Waals surface area contributed by atoms with Crippen molar-refractivity contribution >= 4 is 10.9 Å². The molecule has 4 heteroatoms. The largest absolute Gasteiger partial charge is 0.287 e. The SMILES string of the molecule is N#CCCn1ncc(=O)c2ccccc21. The average molecular weight is 199 g/mol. The molecule has 1 aromatic carbocycles. The molecule has 0 spiro atoms. The topological polar surface area (TPSA) is 58.7 Å². The molecular weight excluding hydrogens is 190 g/mol. The molecule has 0 bridgehead atoms. The number of hydrogen-bond donors (Lipinski definition) is 0. The molecule has 0 fully saturated rings. The fourth-order valence-corrected chi connectivity index (χ4v) is 1.50. The molecular formula is C11H9N3O. The Bertz CT molecular complexity index is 580. The first-order valence-electron chi connectivity index (χ1n) is 4.65. The quantitative estimate of drug-likeness (QED) is 0.732. The Hall–Kier alpha value is -2.15. The summed E-state index contributed by atoms with van der Waals surface area (Å²) < 4.78 is 1.68. The highest BCUT2D eigenvalue weighted by atomic mass is 16.1. The van der Waals surface area contributed by atoms with Gasteiger partial charge in [0.15, 0.2) is 0 Å². The van der Waals surface area contributed by atoms with E-state index in [2.05, 4.69) is 11.2 Å². The van der Waals surface area contributed by atoms with E-state index in [4.69, 9.17) is 5.26 Å². The second-order valence-electron chi connectivity index (χ2n) is 3.16. The third-order valence-corrected chi connectivity index (χ3v) is 2.20. The lowest BCUT2D eigenvalue weighted by Crippen LogP contribution is -2.11. The second-order valence-corrected chi connectivity index (χ2v) is 3.16. The number of aromatic nitrogens is 2. The van der Waals surface area contributed by atoms with Crippen molar-refractivity contribution in [1.29, 1.82) is 5.26 Å². The summed E-state index contributed by atoms with van der Waals surface area (Å²) in [4.78, 5) is 11.5. The van der Waals surface area contributed by atoms with Crippen LogP contribution in [0.1, 0.15) is 6.42 Å². The van der Waals surface area contributed by atoms with E-state index in [1.54, 1.807) is 10.7 Å². The van der Waals surface area contributed by atoms with Crippen molar-refractivity contribution in [2.45, 2.75) is 13.0 Å². The molecule has 0 aliphatic rings. The Morgan fingerprint density at radius 1 is 1.40 bits per heavy atom. The molecule has 0 amide bonds. The van der Waals surface area contributed by atoms with Gasteiger partial charge in [-0.2, -0.15) is 10.4 Å². The minimum absolute atomic E-state index is 0.0844. The first-order valence-corrected chi connectivity index (χ1v) is 4.65. The fraction of sp³-hybridized carbons (Fsp3) is 0.182. The van der Waals surface area contributed by atoms with E-state index in [9.17, 15) is 4.79 Å². The minimum atomic E-state index is -0.0844. The van der Waals surface area contributed by atoms with Gasteiger partial charge < -0.3 is 0 Å². The van der Waals surface area contributed by atoms with Crippen LogP contribution in [-0.4, -0.2) is 9.78 Å². The molecule has 0 aliphatic heterocycles. The van der Waals surface area contributed by atoms with E-state index in [1.807, 2.05) is 18.2 Å².